The first-order valence-corrected chi connectivity index (χ1v) is 5.57. The molecule has 1 aromatic rings. The monoisotopic (exact) mass is 226 g/mol. The Morgan fingerprint density at radius 3 is 1.81 bits per heavy atom. The molecule has 2 N–H and O–H groups in total. The van der Waals surface area contributed by atoms with Crippen LogP contribution in [0.5, 0.6) is 0 Å². The lowest BCUT2D eigenvalue weighted by molar-refractivity contribution is -0.894. The molecule has 16 heavy (non-hydrogen) atoms. The van der Waals surface area contributed by atoms with Crippen molar-refractivity contribution >= 4 is 0 Å². The van der Waals surface area contributed by atoms with Crippen molar-refractivity contribution in [2.45, 2.75) is 20.1 Å². The number of hydrogen-bond donors (Lipinski definition) is 2. The quantitative estimate of drug-likeness (QED) is 0.604. The van der Waals surface area contributed by atoms with Gasteiger partial charge in [0.05, 0.1) is 20.6 Å². The van der Waals surface area contributed by atoms with Gasteiger partial charge in [0.2, 0.25) is 6.29 Å². The van der Waals surface area contributed by atoms with Crippen LogP contribution in [0.2, 0.25) is 0 Å². The highest BCUT2D eigenvalue weighted by atomic mass is 16.5. The first-order chi connectivity index (χ1) is 7.37. The molecule has 3 nitrogen and oxygen atoms in total. The number of aliphatic hydroxyl groups is 2. The van der Waals surface area contributed by atoms with Gasteiger partial charge in [-0.05, 0) is 13.8 Å². The molecular weight excluding hydrogens is 202 g/mol. The number of rotatable bonds is 3. The Morgan fingerprint density at radius 1 is 1.12 bits per heavy atom. The van der Waals surface area contributed by atoms with Crippen LogP contribution < -0.4 is 0 Å². The summed E-state index contributed by atoms with van der Waals surface area (Å²) in [4.78, 5) is 0. The fourth-order valence-corrected chi connectivity index (χ4v) is 1.11. The van der Waals surface area contributed by atoms with Gasteiger partial charge in [0.25, 0.3) is 0 Å². The molecular formula is C13H24NO2+. The number of aryl methyl sites for hydroxylation is 1. The summed E-state index contributed by atoms with van der Waals surface area (Å²) in [6, 6.07) is 10.3. The minimum atomic E-state index is -1.18. The second kappa shape index (κ2) is 7.39. The first-order valence-electron chi connectivity index (χ1n) is 5.57. The van der Waals surface area contributed by atoms with E-state index < -0.39 is 6.29 Å². The van der Waals surface area contributed by atoms with Crippen molar-refractivity contribution in [3.05, 3.63) is 35.9 Å². The average Bonchev–Trinajstić information content (AvgIpc) is 2.18. The molecule has 0 aromatic heterocycles. The summed E-state index contributed by atoms with van der Waals surface area (Å²) >= 11 is 0. The molecule has 0 aliphatic heterocycles. The fraction of sp³-hybridized carbons (Fsp3) is 0.538. The van der Waals surface area contributed by atoms with E-state index in [1.165, 1.54) is 5.56 Å². The van der Waals surface area contributed by atoms with E-state index in [0.29, 0.717) is 11.0 Å². The van der Waals surface area contributed by atoms with Crippen molar-refractivity contribution in [1.29, 1.82) is 0 Å². The summed E-state index contributed by atoms with van der Waals surface area (Å²) in [5.74, 6) is 0. The number of aliphatic hydroxyl groups excluding tert-OH is 1. The Labute approximate surface area is 98.6 Å². The van der Waals surface area contributed by atoms with Crippen LogP contribution in [0.1, 0.15) is 12.5 Å². The van der Waals surface area contributed by atoms with E-state index >= 15 is 0 Å². The standard InChI is InChI=1S/C7H8.C6H16NO2/c1-7-5-3-2-4-6-7;1-4-7(2,3)5-6(8)9/h2-6H,1H3;6,8-9H,4-5H2,1-3H3/q;+1. The van der Waals surface area contributed by atoms with Crippen LogP contribution in [0.4, 0.5) is 0 Å². The second-order valence-electron chi connectivity index (χ2n) is 4.57. The van der Waals surface area contributed by atoms with Crippen molar-refractivity contribution < 1.29 is 14.7 Å². The number of hydrogen-bond acceptors (Lipinski definition) is 2. The molecule has 0 aliphatic carbocycles. The number of nitrogens with zero attached hydrogens (tertiary/aromatic N) is 1. The molecule has 92 valence electrons. The van der Waals surface area contributed by atoms with Gasteiger partial charge >= 0.3 is 0 Å². The maximum atomic E-state index is 8.56. The largest absolute Gasteiger partial charge is 0.364 e. The maximum Gasteiger partial charge on any atom is 0.202 e. The molecule has 0 atom stereocenters. The molecule has 1 aromatic carbocycles. The Balaban J connectivity index is 0.000000288. The predicted octanol–water partition coefficient (Wildman–Crippen LogP) is 1.39. The lowest BCUT2D eigenvalue weighted by Gasteiger charge is -2.28. The zero-order valence-corrected chi connectivity index (χ0v) is 10.7. The van der Waals surface area contributed by atoms with E-state index in [-0.39, 0.29) is 0 Å². The summed E-state index contributed by atoms with van der Waals surface area (Å²) in [6.45, 7) is 5.41. The van der Waals surface area contributed by atoms with Crippen LogP contribution in [0.3, 0.4) is 0 Å². The van der Waals surface area contributed by atoms with Crippen molar-refractivity contribution in [3.8, 4) is 0 Å². The molecule has 0 unspecified atom stereocenters. The number of benzene rings is 1. The Kier molecular flexibility index (Phi) is 6.97. The number of likely N-dealkylation sites (N-methyl/N-ethyl adjacent to an activating group) is 1. The third-order valence-electron chi connectivity index (χ3n) is 2.45. The molecule has 1 rings (SSSR count). The van der Waals surface area contributed by atoms with E-state index in [9.17, 15) is 0 Å². The van der Waals surface area contributed by atoms with Crippen molar-refractivity contribution in [1.82, 2.24) is 0 Å². The summed E-state index contributed by atoms with van der Waals surface area (Å²) in [5, 5.41) is 17.1. The van der Waals surface area contributed by atoms with Crippen molar-refractivity contribution in [2.24, 2.45) is 0 Å². The first kappa shape index (κ1) is 15.1. The van der Waals surface area contributed by atoms with E-state index in [4.69, 9.17) is 10.2 Å². The van der Waals surface area contributed by atoms with Crippen LogP contribution >= 0.6 is 0 Å². The second-order valence-corrected chi connectivity index (χ2v) is 4.57. The van der Waals surface area contributed by atoms with E-state index in [2.05, 4.69) is 19.1 Å². The molecule has 0 bridgehead atoms. The van der Waals surface area contributed by atoms with Crippen molar-refractivity contribution in [3.63, 3.8) is 0 Å². The smallest absolute Gasteiger partial charge is 0.202 e. The normalized spacial score (nSPS) is 10.9. The van der Waals surface area contributed by atoms with Gasteiger partial charge in [0.1, 0.15) is 6.54 Å². The van der Waals surface area contributed by atoms with Crippen LogP contribution in [-0.2, 0) is 0 Å². The van der Waals surface area contributed by atoms with Crippen LogP contribution in [0.15, 0.2) is 30.3 Å². The highest BCUT2D eigenvalue weighted by Crippen LogP contribution is 1.96. The zero-order chi connectivity index (χ0) is 12.6. The third-order valence-corrected chi connectivity index (χ3v) is 2.45. The molecule has 0 fully saturated rings. The number of quaternary nitrogens is 1. The topological polar surface area (TPSA) is 40.5 Å². The van der Waals surface area contributed by atoms with Crippen LogP contribution in [-0.4, -0.2) is 48.2 Å². The van der Waals surface area contributed by atoms with E-state index in [1.807, 2.05) is 39.2 Å². The highest BCUT2D eigenvalue weighted by molar-refractivity contribution is 5.11. The minimum Gasteiger partial charge on any atom is -0.364 e. The molecule has 0 spiro atoms. The third kappa shape index (κ3) is 8.41. The molecule has 3 heteroatoms. The van der Waals surface area contributed by atoms with Gasteiger partial charge in [-0.3, -0.25) is 0 Å². The highest BCUT2D eigenvalue weighted by Gasteiger charge is 2.15. The fourth-order valence-electron chi connectivity index (χ4n) is 1.11. The van der Waals surface area contributed by atoms with Crippen LogP contribution in [0, 0.1) is 6.92 Å². The predicted molar refractivity (Wildman–Crippen MR) is 66.9 cm³/mol. The maximum absolute atomic E-state index is 8.56. The Morgan fingerprint density at radius 2 is 1.62 bits per heavy atom. The minimum absolute atomic E-state index is 0.399. The average molecular weight is 226 g/mol. The van der Waals surface area contributed by atoms with Gasteiger partial charge in [-0.2, -0.15) is 0 Å². The van der Waals surface area contributed by atoms with Gasteiger partial charge in [-0.25, -0.2) is 0 Å². The van der Waals surface area contributed by atoms with Gasteiger partial charge < -0.3 is 14.7 Å². The SMILES string of the molecule is CC[N+](C)(C)CC(O)O.Cc1ccccc1. The Hall–Kier alpha value is -0.900. The van der Waals surface area contributed by atoms with Gasteiger partial charge in [-0.1, -0.05) is 35.9 Å². The molecule has 0 heterocycles. The molecule has 0 saturated carbocycles. The molecule has 0 amide bonds. The van der Waals surface area contributed by atoms with Crippen molar-refractivity contribution in [2.75, 3.05) is 27.2 Å². The summed E-state index contributed by atoms with van der Waals surface area (Å²) in [5.41, 5.74) is 1.32. The van der Waals surface area contributed by atoms with Crippen LogP contribution in [0.25, 0.3) is 0 Å². The van der Waals surface area contributed by atoms with E-state index in [1.54, 1.807) is 0 Å². The zero-order valence-electron chi connectivity index (χ0n) is 10.7. The summed E-state index contributed by atoms with van der Waals surface area (Å²) in [6.07, 6.45) is -1.18. The van der Waals surface area contributed by atoms with Gasteiger partial charge in [0, 0.05) is 0 Å². The molecule has 0 radical (unpaired) electrons. The Bertz CT molecular complexity index is 271. The summed E-state index contributed by atoms with van der Waals surface area (Å²) < 4.78 is 0.650. The molecule has 0 aliphatic rings. The molecule has 0 saturated heterocycles. The van der Waals surface area contributed by atoms with Gasteiger partial charge in [-0.15, -0.1) is 0 Å². The lowest BCUT2D eigenvalue weighted by Crippen LogP contribution is -2.44. The van der Waals surface area contributed by atoms with E-state index in [0.717, 1.165) is 6.54 Å². The summed E-state index contributed by atoms with van der Waals surface area (Å²) in [7, 11) is 3.92. The lowest BCUT2D eigenvalue weighted by atomic mass is 10.2. The van der Waals surface area contributed by atoms with Gasteiger partial charge in [0.15, 0.2) is 0 Å².